The molecule has 84 valence electrons. The molecule has 16 heavy (non-hydrogen) atoms. The Morgan fingerprint density at radius 1 is 1.25 bits per heavy atom. The summed E-state index contributed by atoms with van der Waals surface area (Å²) in [6, 6.07) is 7.27. The fraction of sp³-hybridized carbons (Fsp3) is 0.250. The first kappa shape index (κ1) is 11.6. The summed E-state index contributed by atoms with van der Waals surface area (Å²) in [5.41, 5.74) is 0. The van der Waals surface area contributed by atoms with E-state index in [1.54, 1.807) is 12.1 Å². The minimum Gasteiger partial charge on any atom is -0.480 e. The highest BCUT2D eigenvalue weighted by atomic mass is 35.5. The van der Waals surface area contributed by atoms with Gasteiger partial charge in [-0.2, -0.15) is 0 Å². The van der Waals surface area contributed by atoms with Crippen molar-refractivity contribution in [2.75, 3.05) is 0 Å². The fourth-order valence-corrected chi connectivity index (χ4v) is 2.96. The maximum atomic E-state index is 11.3. The summed E-state index contributed by atoms with van der Waals surface area (Å²) in [4.78, 5) is 12.2. The zero-order chi connectivity index (χ0) is 11.6. The molecule has 0 spiro atoms. The summed E-state index contributed by atoms with van der Waals surface area (Å²) in [7, 11) is 0. The number of carboxylic acids is 1. The molecular weight excluding hydrogens is 244 g/mol. The number of allylic oxidation sites excluding steroid dienone is 2. The van der Waals surface area contributed by atoms with Crippen LogP contribution in [0.3, 0.4) is 0 Å². The van der Waals surface area contributed by atoms with E-state index < -0.39 is 10.7 Å². The van der Waals surface area contributed by atoms with Crippen molar-refractivity contribution in [1.82, 2.24) is 0 Å². The van der Waals surface area contributed by atoms with Crippen LogP contribution in [0.1, 0.15) is 12.8 Å². The van der Waals surface area contributed by atoms with Crippen molar-refractivity contribution < 1.29 is 9.90 Å². The number of aliphatic carboxylic acids is 1. The summed E-state index contributed by atoms with van der Waals surface area (Å²) < 4.78 is -0.728. The lowest BCUT2D eigenvalue weighted by atomic mass is 10.1. The Morgan fingerprint density at radius 2 is 1.81 bits per heavy atom. The molecule has 1 aliphatic rings. The van der Waals surface area contributed by atoms with E-state index in [2.05, 4.69) is 0 Å². The first-order chi connectivity index (χ1) is 7.62. The smallest absolute Gasteiger partial charge is 0.320 e. The summed E-state index contributed by atoms with van der Waals surface area (Å²) in [6.45, 7) is 0. The van der Waals surface area contributed by atoms with Gasteiger partial charge >= 0.3 is 5.97 Å². The van der Waals surface area contributed by atoms with Gasteiger partial charge in [-0.05, 0) is 37.1 Å². The fourth-order valence-electron chi connectivity index (χ4n) is 1.66. The van der Waals surface area contributed by atoms with E-state index >= 15 is 0 Å². The Morgan fingerprint density at radius 3 is 2.31 bits per heavy atom. The highest BCUT2D eigenvalue weighted by Gasteiger charge is 2.40. The third-order valence-corrected chi connectivity index (χ3v) is 4.24. The number of carboxylic acid groups (broad SMARTS) is 1. The van der Waals surface area contributed by atoms with Gasteiger partial charge in [0.25, 0.3) is 0 Å². The van der Waals surface area contributed by atoms with Crippen LogP contribution in [0.15, 0.2) is 41.3 Å². The van der Waals surface area contributed by atoms with Crippen LogP contribution < -0.4 is 0 Å². The topological polar surface area (TPSA) is 37.3 Å². The molecule has 4 heteroatoms. The Kier molecular flexibility index (Phi) is 3.26. The van der Waals surface area contributed by atoms with Gasteiger partial charge in [-0.1, -0.05) is 23.8 Å². The quantitative estimate of drug-likeness (QED) is 0.838. The molecule has 1 aliphatic carbocycles. The molecule has 1 N–H and O–H groups in total. The van der Waals surface area contributed by atoms with E-state index in [0.29, 0.717) is 17.9 Å². The van der Waals surface area contributed by atoms with E-state index in [1.807, 2.05) is 24.3 Å². The predicted octanol–water partition coefficient (Wildman–Crippen LogP) is 3.61. The van der Waals surface area contributed by atoms with Crippen molar-refractivity contribution in [3.63, 3.8) is 0 Å². The monoisotopic (exact) mass is 254 g/mol. The van der Waals surface area contributed by atoms with Crippen molar-refractivity contribution in [1.29, 1.82) is 0 Å². The second-order valence-electron chi connectivity index (χ2n) is 3.74. The molecular formula is C12H11ClO2S. The molecule has 1 aromatic rings. The average Bonchev–Trinajstić information content (AvgIpc) is 2.71. The maximum Gasteiger partial charge on any atom is 0.320 e. The molecule has 2 rings (SSSR count). The van der Waals surface area contributed by atoms with Gasteiger partial charge in [0.1, 0.15) is 4.75 Å². The van der Waals surface area contributed by atoms with Gasteiger partial charge in [0.2, 0.25) is 0 Å². The van der Waals surface area contributed by atoms with Gasteiger partial charge in [-0.15, -0.1) is 11.8 Å². The summed E-state index contributed by atoms with van der Waals surface area (Å²) in [5.74, 6) is -0.752. The average molecular weight is 255 g/mol. The molecule has 0 heterocycles. The van der Waals surface area contributed by atoms with E-state index in [4.69, 9.17) is 11.6 Å². The normalized spacial score (nSPS) is 17.6. The van der Waals surface area contributed by atoms with Gasteiger partial charge in [-0.3, -0.25) is 4.79 Å². The van der Waals surface area contributed by atoms with Crippen LogP contribution in [0, 0.1) is 0 Å². The van der Waals surface area contributed by atoms with Crippen LogP contribution >= 0.6 is 23.4 Å². The lowest BCUT2D eigenvalue weighted by Crippen LogP contribution is -2.31. The van der Waals surface area contributed by atoms with Gasteiger partial charge < -0.3 is 5.11 Å². The molecule has 0 saturated carbocycles. The van der Waals surface area contributed by atoms with E-state index in [-0.39, 0.29) is 0 Å². The van der Waals surface area contributed by atoms with E-state index in [1.165, 1.54) is 11.8 Å². The molecule has 0 aliphatic heterocycles. The van der Waals surface area contributed by atoms with Gasteiger partial charge in [0.05, 0.1) is 0 Å². The van der Waals surface area contributed by atoms with Crippen molar-refractivity contribution in [3.8, 4) is 0 Å². The van der Waals surface area contributed by atoms with Crippen molar-refractivity contribution in [3.05, 3.63) is 41.4 Å². The third kappa shape index (κ3) is 2.25. The Labute approximate surface area is 103 Å². The van der Waals surface area contributed by atoms with E-state index in [0.717, 1.165) is 4.90 Å². The van der Waals surface area contributed by atoms with Crippen molar-refractivity contribution in [2.45, 2.75) is 22.5 Å². The van der Waals surface area contributed by atoms with Crippen LogP contribution in [0.2, 0.25) is 5.02 Å². The maximum absolute atomic E-state index is 11.3. The highest BCUT2D eigenvalue weighted by molar-refractivity contribution is 8.01. The standard InChI is InChI=1S/C12H11ClO2S/c13-9-3-5-10(6-4-9)16-12(11(14)15)7-1-2-8-12/h1-6H,7-8H2,(H,14,15). The molecule has 0 saturated heterocycles. The van der Waals surface area contributed by atoms with Gasteiger partial charge in [-0.25, -0.2) is 0 Å². The largest absolute Gasteiger partial charge is 0.480 e. The lowest BCUT2D eigenvalue weighted by Gasteiger charge is -2.22. The number of carbonyl (C=O) groups is 1. The molecule has 1 aromatic carbocycles. The molecule has 0 atom stereocenters. The lowest BCUT2D eigenvalue weighted by molar-refractivity contribution is -0.139. The van der Waals surface area contributed by atoms with Gasteiger partial charge in [0, 0.05) is 9.92 Å². The molecule has 0 aromatic heterocycles. The Hall–Kier alpha value is -0.930. The number of halogens is 1. The molecule has 0 unspecified atom stereocenters. The number of rotatable bonds is 3. The summed E-state index contributed by atoms with van der Waals surface area (Å²) in [5, 5.41) is 9.96. The van der Waals surface area contributed by atoms with Crippen LogP contribution in [-0.2, 0) is 4.79 Å². The SMILES string of the molecule is O=C(O)C1(Sc2ccc(Cl)cc2)CC=CC1. The summed E-state index contributed by atoms with van der Waals surface area (Å²) in [6.07, 6.45) is 5.01. The van der Waals surface area contributed by atoms with Crippen molar-refractivity contribution >= 4 is 29.3 Å². The first-order valence-electron chi connectivity index (χ1n) is 4.95. The van der Waals surface area contributed by atoms with Crippen LogP contribution in [0.5, 0.6) is 0 Å². The van der Waals surface area contributed by atoms with Gasteiger partial charge in [0.15, 0.2) is 0 Å². The third-order valence-electron chi connectivity index (χ3n) is 2.58. The van der Waals surface area contributed by atoms with Crippen LogP contribution in [0.25, 0.3) is 0 Å². The molecule has 2 nitrogen and oxygen atoms in total. The Balaban J connectivity index is 2.18. The molecule has 0 amide bonds. The number of hydrogen-bond acceptors (Lipinski definition) is 2. The molecule has 0 bridgehead atoms. The highest BCUT2D eigenvalue weighted by Crippen LogP contribution is 2.42. The van der Waals surface area contributed by atoms with E-state index in [9.17, 15) is 9.90 Å². The summed E-state index contributed by atoms with van der Waals surface area (Å²) >= 11 is 7.18. The number of hydrogen-bond donors (Lipinski definition) is 1. The second kappa shape index (κ2) is 4.52. The van der Waals surface area contributed by atoms with Crippen LogP contribution in [0.4, 0.5) is 0 Å². The molecule has 0 radical (unpaired) electrons. The van der Waals surface area contributed by atoms with Crippen LogP contribution in [-0.4, -0.2) is 15.8 Å². The minimum absolute atomic E-state index is 0.579. The first-order valence-corrected chi connectivity index (χ1v) is 6.15. The predicted molar refractivity (Wildman–Crippen MR) is 66.0 cm³/mol. The molecule has 0 fully saturated rings. The number of benzene rings is 1. The zero-order valence-corrected chi connectivity index (χ0v) is 10.1. The number of thioether (sulfide) groups is 1. The Bertz CT molecular complexity index is 417. The van der Waals surface area contributed by atoms with Crippen molar-refractivity contribution in [2.24, 2.45) is 0 Å². The minimum atomic E-state index is -0.752. The zero-order valence-electron chi connectivity index (χ0n) is 8.52. The second-order valence-corrected chi connectivity index (χ2v) is 5.63.